The van der Waals surface area contributed by atoms with E-state index in [1.54, 1.807) is 0 Å². The highest BCUT2D eigenvalue weighted by Crippen LogP contribution is 2.18. The number of rotatable bonds is 57. The molecule has 0 aliphatic carbocycles. The Bertz CT molecular complexity index is 1060. The maximum atomic E-state index is 14.3. The summed E-state index contributed by atoms with van der Waals surface area (Å²) in [6.45, 7) is 20.5. The highest BCUT2D eigenvalue weighted by atomic mass is 16.2. The van der Waals surface area contributed by atoms with E-state index in [1.807, 2.05) is 0 Å². The first-order valence-electron chi connectivity index (χ1n) is 33.3. The van der Waals surface area contributed by atoms with Crippen molar-refractivity contribution in [1.82, 2.24) is 24.7 Å². The van der Waals surface area contributed by atoms with E-state index in [0.717, 1.165) is 32.7 Å². The summed E-state index contributed by atoms with van der Waals surface area (Å²) < 4.78 is 0. The van der Waals surface area contributed by atoms with Crippen LogP contribution in [-0.2, 0) is 9.59 Å². The summed E-state index contributed by atoms with van der Waals surface area (Å²) in [6, 6.07) is 0. The minimum atomic E-state index is 0.268. The summed E-state index contributed by atoms with van der Waals surface area (Å²) >= 11 is 0. The monoisotopic (exact) mass is 1010 g/mol. The van der Waals surface area contributed by atoms with Gasteiger partial charge in [-0.3, -0.25) is 14.5 Å². The molecule has 7 nitrogen and oxygen atoms in total. The van der Waals surface area contributed by atoms with Gasteiger partial charge in [-0.15, -0.1) is 0 Å². The molecule has 0 aromatic carbocycles. The van der Waals surface area contributed by atoms with Gasteiger partial charge in [0.2, 0.25) is 11.8 Å². The Hall–Kier alpha value is -1.18. The third kappa shape index (κ3) is 43.0. The van der Waals surface area contributed by atoms with Crippen molar-refractivity contribution >= 4 is 11.8 Å². The van der Waals surface area contributed by atoms with Crippen LogP contribution in [0.3, 0.4) is 0 Å². The summed E-state index contributed by atoms with van der Waals surface area (Å²) in [5.41, 5.74) is 0. The molecule has 0 spiro atoms. The van der Waals surface area contributed by atoms with Crippen LogP contribution < -0.4 is 0 Å². The topological polar surface area (TPSA) is 50.3 Å². The second-order valence-electron chi connectivity index (χ2n) is 23.2. The summed E-state index contributed by atoms with van der Waals surface area (Å²) in [5.74, 6) is 0.547. The molecule has 0 bridgehead atoms. The summed E-state index contributed by atoms with van der Waals surface area (Å²) in [5, 5.41) is 5.15. The van der Waals surface area contributed by atoms with Crippen molar-refractivity contribution in [3.8, 4) is 0 Å². The predicted octanol–water partition coefficient (Wildman–Crippen LogP) is 18.9. The fourth-order valence-electron chi connectivity index (χ4n) is 11.2. The van der Waals surface area contributed by atoms with Gasteiger partial charge in [-0.1, -0.05) is 304 Å². The normalized spacial score (nSPS) is 13.2. The Kier molecular flexibility index (Phi) is 52.2. The van der Waals surface area contributed by atoms with Gasteiger partial charge in [0.1, 0.15) is 0 Å². The molecule has 7 heteroatoms. The number of carbonyl (C=O) groups is 2. The molecule has 0 unspecified atom stereocenters. The fraction of sp³-hybridized carbons (Fsp3) is 0.969. The molecule has 2 amide bonds. The van der Waals surface area contributed by atoms with Crippen LogP contribution in [0.2, 0.25) is 0 Å². The summed E-state index contributed by atoms with van der Waals surface area (Å²) in [7, 11) is 0. The Morgan fingerprint density at radius 3 is 0.694 bits per heavy atom. The maximum Gasteiger partial charge on any atom is 0.238 e. The van der Waals surface area contributed by atoms with Crippen LogP contribution in [0.5, 0.6) is 0 Å². The van der Waals surface area contributed by atoms with Crippen LogP contribution in [0, 0.1) is 0 Å². The van der Waals surface area contributed by atoms with Gasteiger partial charge < -0.3 is 9.80 Å². The van der Waals surface area contributed by atoms with Crippen LogP contribution in [0.15, 0.2) is 0 Å². The van der Waals surface area contributed by atoms with Gasteiger partial charge in [-0.05, 0) is 45.2 Å². The highest BCUT2D eigenvalue weighted by molar-refractivity contribution is 5.80. The zero-order valence-corrected chi connectivity index (χ0v) is 50.1. The van der Waals surface area contributed by atoms with Crippen molar-refractivity contribution in [2.75, 3.05) is 72.0 Å². The van der Waals surface area contributed by atoms with E-state index in [2.05, 4.69) is 59.3 Å². The van der Waals surface area contributed by atoms with Crippen molar-refractivity contribution in [1.29, 1.82) is 0 Å². The summed E-state index contributed by atoms with van der Waals surface area (Å²) in [6.07, 6.45) is 63.1. The molecule has 0 aromatic rings. The van der Waals surface area contributed by atoms with E-state index < -0.39 is 0 Å². The van der Waals surface area contributed by atoms with Crippen molar-refractivity contribution < 1.29 is 9.59 Å². The number of hydrogen-bond acceptors (Lipinski definition) is 5. The molecule has 72 heavy (non-hydrogen) atoms. The van der Waals surface area contributed by atoms with Crippen LogP contribution in [0.1, 0.15) is 336 Å². The molecule has 0 saturated carbocycles. The largest absolute Gasteiger partial charge is 0.338 e. The van der Waals surface area contributed by atoms with Crippen molar-refractivity contribution in [3.05, 3.63) is 0 Å². The van der Waals surface area contributed by atoms with Gasteiger partial charge in [-0.25, -0.2) is 10.0 Å². The zero-order chi connectivity index (χ0) is 52.1. The lowest BCUT2D eigenvalue weighted by atomic mass is 10.1. The average molecular weight is 1010 g/mol. The second kappa shape index (κ2) is 54.6. The van der Waals surface area contributed by atoms with E-state index in [0.29, 0.717) is 39.3 Å². The van der Waals surface area contributed by atoms with Gasteiger partial charge in [0, 0.05) is 45.8 Å². The number of hydrogen-bond donors (Lipinski definition) is 0. The van der Waals surface area contributed by atoms with Crippen LogP contribution in [-0.4, -0.2) is 109 Å². The van der Waals surface area contributed by atoms with Crippen LogP contribution >= 0.6 is 0 Å². The first kappa shape index (κ1) is 68.8. The smallest absolute Gasteiger partial charge is 0.238 e. The Morgan fingerprint density at radius 2 is 0.444 bits per heavy atom. The molecule has 1 aliphatic rings. The van der Waals surface area contributed by atoms with Crippen molar-refractivity contribution in [2.24, 2.45) is 0 Å². The fourth-order valence-corrected chi connectivity index (χ4v) is 11.2. The van der Waals surface area contributed by atoms with E-state index in [1.165, 1.54) is 302 Å². The van der Waals surface area contributed by atoms with Crippen LogP contribution in [0.25, 0.3) is 0 Å². The van der Waals surface area contributed by atoms with Crippen LogP contribution in [0.4, 0.5) is 0 Å². The minimum absolute atomic E-state index is 0.268. The standard InChI is InChI=1S/C65H131N5O2/c1-6-11-16-21-26-30-34-39-43-48-53-66(54-49-44-40-35-31-27-22-17-12-7-2)62-64(71)67-58-60-68(61-59-67)65(72)63-70(57-52-47-38-25-20-15-10-5)69(55-50-45-41-36-32-28-23-18-13-8-3)56-51-46-42-37-33-29-24-19-14-9-4/h6-63H2,1-5H3. The SMILES string of the molecule is CCCCCCCCCCCCN(CCCCCCCCCCCC)CC(=O)N1CCN(C(=O)CN(CCCCCCCCC)N(CCCCCCCCCCCC)CCCCCCCCCCCC)CC1. The Labute approximate surface area is 452 Å². The lowest BCUT2D eigenvalue weighted by Gasteiger charge is -2.39. The second-order valence-corrected chi connectivity index (χ2v) is 23.2. The van der Waals surface area contributed by atoms with Gasteiger partial charge in [0.15, 0.2) is 0 Å². The van der Waals surface area contributed by atoms with E-state index >= 15 is 0 Å². The minimum Gasteiger partial charge on any atom is -0.338 e. The van der Waals surface area contributed by atoms with Crippen molar-refractivity contribution in [2.45, 2.75) is 336 Å². The Morgan fingerprint density at radius 1 is 0.250 bits per heavy atom. The van der Waals surface area contributed by atoms with Crippen molar-refractivity contribution in [3.63, 3.8) is 0 Å². The molecule has 1 aliphatic heterocycles. The van der Waals surface area contributed by atoms with Gasteiger partial charge in [0.25, 0.3) is 0 Å². The first-order valence-corrected chi connectivity index (χ1v) is 33.3. The number of unbranched alkanes of at least 4 members (excludes halogenated alkanes) is 42. The van der Waals surface area contributed by atoms with E-state index in [9.17, 15) is 9.59 Å². The molecular weight excluding hydrogens is 883 g/mol. The van der Waals surface area contributed by atoms with E-state index in [-0.39, 0.29) is 11.8 Å². The zero-order valence-electron chi connectivity index (χ0n) is 50.1. The average Bonchev–Trinajstić information content (AvgIpc) is 3.39. The number of amides is 2. The molecule has 1 rings (SSSR count). The van der Waals surface area contributed by atoms with Gasteiger partial charge >= 0.3 is 0 Å². The molecule has 0 N–H and O–H groups in total. The molecule has 0 radical (unpaired) electrons. The summed E-state index contributed by atoms with van der Waals surface area (Å²) in [4.78, 5) is 35.0. The molecule has 0 aromatic heterocycles. The Balaban J connectivity index is 2.86. The van der Waals surface area contributed by atoms with E-state index in [4.69, 9.17) is 0 Å². The molecule has 1 fully saturated rings. The molecule has 0 atom stereocenters. The quantitative estimate of drug-likeness (QED) is 0.0449. The van der Waals surface area contributed by atoms with Gasteiger partial charge in [0.05, 0.1) is 13.1 Å². The number of piperazine rings is 1. The third-order valence-corrected chi connectivity index (χ3v) is 16.3. The number of carbonyl (C=O) groups excluding carboxylic acids is 2. The maximum absolute atomic E-state index is 14.3. The first-order chi connectivity index (χ1) is 35.5. The molecule has 1 saturated heterocycles. The lowest BCUT2D eigenvalue weighted by molar-refractivity contribution is -0.144. The molecule has 1 heterocycles. The highest BCUT2D eigenvalue weighted by Gasteiger charge is 2.27. The number of nitrogens with zero attached hydrogens (tertiary/aromatic N) is 5. The third-order valence-electron chi connectivity index (χ3n) is 16.3. The predicted molar refractivity (Wildman–Crippen MR) is 318 cm³/mol. The van der Waals surface area contributed by atoms with Gasteiger partial charge in [-0.2, -0.15) is 0 Å². The lowest BCUT2D eigenvalue weighted by Crippen LogP contribution is -2.56. The number of hydrazine groups is 1. The molecule has 428 valence electrons. The molecular formula is C65H131N5O2.